The van der Waals surface area contributed by atoms with Crippen molar-refractivity contribution in [3.05, 3.63) is 53.1 Å². The van der Waals surface area contributed by atoms with Gasteiger partial charge in [-0.05, 0) is 37.7 Å². The van der Waals surface area contributed by atoms with Crippen LogP contribution in [0.3, 0.4) is 0 Å². The van der Waals surface area contributed by atoms with E-state index >= 15 is 0 Å². The minimum absolute atomic E-state index is 0.0294. The Balaban J connectivity index is 2.39. The summed E-state index contributed by atoms with van der Waals surface area (Å²) >= 11 is 0. The van der Waals surface area contributed by atoms with Crippen molar-refractivity contribution in [1.29, 1.82) is 0 Å². The van der Waals surface area contributed by atoms with Crippen LogP contribution in [-0.4, -0.2) is 16.8 Å². The number of hydrogen-bond donors (Lipinski definition) is 1. The molecule has 0 saturated carbocycles. The van der Waals surface area contributed by atoms with Crippen LogP contribution in [0, 0.1) is 12.7 Å². The van der Waals surface area contributed by atoms with Crippen LogP contribution >= 0.6 is 0 Å². The lowest BCUT2D eigenvalue weighted by Crippen LogP contribution is -2.20. The van der Waals surface area contributed by atoms with E-state index < -0.39 is 0 Å². The van der Waals surface area contributed by atoms with Crippen molar-refractivity contribution in [2.45, 2.75) is 13.0 Å². The van der Waals surface area contributed by atoms with E-state index in [1.807, 2.05) is 31.8 Å². The van der Waals surface area contributed by atoms with Crippen LogP contribution in [0.4, 0.5) is 4.39 Å². The molecule has 2 aromatic rings. The highest BCUT2D eigenvalue weighted by atomic mass is 19.1. The zero-order valence-electron chi connectivity index (χ0n) is 10.2. The maximum Gasteiger partial charge on any atom is 0.123 e. The summed E-state index contributed by atoms with van der Waals surface area (Å²) in [5, 5.41) is 7.55. The minimum atomic E-state index is -0.218. The number of hydrogen-bond acceptors (Lipinski definition) is 2. The number of aromatic nitrogens is 2. The van der Waals surface area contributed by atoms with Crippen molar-refractivity contribution >= 4 is 0 Å². The standard InChI is InChI=1S/C13H16FN3/c1-9-8-12(17(3)16-9)13(15-2)10-4-6-11(14)7-5-10/h4-8,13,15H,1-3H3. The highest BCUT2D eigenvalue weighted by Gasteiger charge is 2.16. The highest BCUT2D eigenvalue weighted by Crippen LogP contribution is 2.22. The van der Waals surface area contributed by atoms with E-state index in [2.05, 4.69) is 10.4 Å². The topological polar surface area (TPSA) is 29.9 Å². The van der Waals surface area contributed by atoms with Gasteiger partial charge in [0.25, 0.3) is 0 Å². The fraction of sp³-hybridized carbons (Fsp3) is 0.308. The molecule has 4 heteroatoms. The fourth-order valence-corrected chi connectivity index (χ4v) is 2.04. The van der Waals surface area contributed by atoms with Gasteiger partial charge in [0.2, 0.25) is 0 Å². The number of nitrogens with zero attached hydrogens (tertiary/aromatic N) is 2. The maximum absolute atomic E-state index is 12.9. The molecule has 0 saturated heterocycles. The Bertz CT molecular complexity index is 502. The molecule has 90 valence electrons. The molecule has 0 amide bonds. The van der Waals surface area contributed by atoms with Gasteiger partial charge in [0, 0.05) is 7.05 Å². The monoisotopic (exact) mass is 233 g/mol. The molecule has 3 nitrogen and oxygen atoms in total. The highest BCUT2D eigenvalue weighted by molar-refractivity contribution is 5.29. The Hall–Kier alpha value is -1.68. The Kier molecular flexibility index (Phi) is 3.24. The number of benzene rings is 1. The molecule has 1 unspecified atom stereocenters. The van der Waals surface area contributed by atoms with Gasteiger partial charge in [0.05, 0.1) is 17.4 Å². The van der Waals surface area contributed by atoms with Crippen LogP contribution < -0.4 is 5.32 Å². The maximum atomic E-state index is 12.9. The molecule has 0 spiro atoms. The van der Waals surface area contributed by atoms with Gasteiger partial charge in [-0.2, -0.15) is 5.10 Å². The van der Waals surface area contributed by atoms with Crippen LogP contribution in [0.1, 0.15) is 23.0 Å². The number of aryl methyl sites for hydroxylation is 2. The summed E-state index contributed by atoms with van der Waals surface area (Å²) in [4.78, 5) is 0. The summed E-state index contributed by atoms with van der Waals surface area (Å²) in [7, 11) is 3.80. The quantitative estimate of drug-likeness (QED) is 0.880. The molecule has 0 fully saturated rings. The van der Waals surface area contributed by atoms with E-state index in [9.17, 15) is 4.39 Å². The van der Waals surface area contributed by atoms with Crippen LogP contribution in [0.5, 0.6) is 0 Å². The van der Waals surface area contributed by atoms with Gasteiger partial charge in [-0.25, -0.2) is 4.39 Å². The molecule has 0 bridgehead atoms. The lowest BCUT2D eigenvalue weighted by Gasteiger charge is -2.16. The van der Waals surface area contributed by atoms with Crippen molar-refractivity contribution in [3.63, 3.8) is 0 Å². The molecule has 1 aromatic carbocycles. The van der Waals surface area contributed by atoms with Gasteiger partial charge in [-0.15, -0.1) is 0 Å². The second-order valence-corrected chi connectivity index (χ2v) is 4.11. The van der Waals surface area contributed by atoms with Crippen LogP contribution in [-0.2, 0) is 7.05 Å². The first-order valence-electron chi connectivity index (χ1n) is 5.55. The minimum Gasteiger partial charge on any atom is -0.308 e. The van der Waals surface area contributed by atoms with Crippen molar-refractivity contribution in [1.82, 2.24) is 15.1 Å². The zero-order chi connectivity index (χ0) is 12.4. The molecule has 0 aliphatic rings. The first-order valence-corrected chi connectivity index (χ1v) is 5.55. The van der Waals surface area contributed by atoms with Gasteiger partial charge in [0.1, 0.15) is 5.82 Å². The lowest BCUT2D eigenvalue weighted by atomic mass is 10.0. The van der Waals surface area contributed by atoms with Crippen molar-refractivity contribution < 1.29 is 4.39 Å². The third kappa shape index (κ3) is 2.36. The first kappa shape index (κ1) is 11.8. The zero-order valence-corrected chi connectivity index (χ0v) is 10.2. The summed E-state index contributed by atoms with van der Waals surface area (Å²) in [6.45, 7) is 1.96. The van der Waals surface area contributed by atoms with E-state index in [0.717, 1.165) is 17.0 Å². The van der Waals surface area contributed by atoms with Gasteiger partial charge in [-0.3, -0.25) is 4.68 Å². The van der Waals surface area contributed by atoms with Crippen LogP contribution in [0.2, 0.25) is 0 Å². The lowest BCUT2D eigenvalue weighted by molar-refractivity contribution is 0.598. The summed E-state index contributed by atoms with van der Waals surface area (Å²) in [5.74, 6) is -0.218. The van der Waals surface area contributed by atoms with E-state index in [1.54, 1.807) is 12.1 Å². The predicted molar refractivity (Wildman–Crippen MR) is 65.2 cm³/mol. The van der Waals surface area contributed by atoms with E-state index in [4.69, 9.17) is 0 Å². The summed E-state index contributed by atoms with van der Waals surface area (Å²) in [6.07, 6.45) is 0. The molecule has 0 radical (unpaired) electrons. The fourth-order valence-electron chi connectivity index (χ4n) is 2.04. The number of nitrogens with one attached hydrogen (secondary N) is 1. The molecule has 0 aliphatic heterocycles. The number of rotatable bonds is 3. The predicted octanol–water partition coefficient (Wildman–Crippen LogP) is 2.18. The normalized spacial score (nSPS) is 12.7. The molecular weight excluding hydrogens is 217 g/mol. The second kappa shape index (κ2) is 4.67. The Morgan fingerprint density at radius 1 is 1.29 bits per heavy atom. The Labute approximate surface area is 100 Å². The molecule has 17 heavy (non-hydrogen) atoms. The first-order chi connectivity index (χ1) is 8.11. The third-order valence-corrected chi connectivity index (χ3v) is 2.83. The van der Waals surface area contributed by atoms with Crippen LogP contribution in [0.15, 0.2) is 30.3 Å². The summed E-state index contributed by atoms with van der Waals surface area (Å²) in [5.41, 5.74) is 3.07. The molecule has 0 aliphatic carbocycles. The second-order valence-electron chi connectivity index (χ2n) is 4.11. The van der Waals surface area contributed by atoms with E-state index in [1.165, 1.54) is 12.1 Å². The van der Waals surface area contributed by atoms with Crippen molar-refractivity contribution in [2.75, 3.05) is 7.05 Å². The Morgan fingerprint density at radius 3 is 2.41 bits per heavy atom. The molecular formula is C13H16FN3. The smallest absolute Gasteiger partial charge is 0.123 e. The van der Waals surface area contributed by atoms with E-state index in [0.29, 0.717) is 0 Å². The van der Waals surface area contributed by atoms with Gasteiger partial charge >= 0.3 is 0 Å². The third-order valence-electron chi connectivity index (χ3n) is 2.83. The molecule has 2 rings (SSSR count). The summed E-state index contributed by atoms with van der Waals surface area (Å²) < 4.78 is 14.7. The molecule has 1 atom stereocenters. The number of halogens is 1. The molecule has 1 heterocycles. The van der Waals surface area contributed by atoms with Crippen molar-refractivity contribution in [3.8, 4) is 0 Å². The van der Waals surface area contributed by atoms with Gasteiger partial charge < -0.3 is 5.32 Å². The largest absolute Gasteiger partial charge is 0.308 e. The van der Waals surface area contributed by atoms with Crippen molar-refractivity contribution in [2.24, 2.45) is 7.05 Å². The van der Waals surface area contributed by atoms with Gasteiger partial charge in [0.15, 0.2) is 0 Å². The summed E-state index contributed by atoms with van der Waals surface area (Å²) in [6, 6.07) is 8.59. The van der Waals surface area contributed by atoms with Crippen LogP contribution in [0.25, 0.3) is 0 Å². The molecule has 1 aromatic heterocycles. The Morgan fingerprint density at radius 2 is 1.94 bits per heavy atom. The SMILES string of the molecule is CNC(c1ccc(F)cc1)c1cc(C)nn1C. The molecule has 1 N–H and O–H groups in total. The van der Waals surface area contributed by atoms with Gasteiger partial charge in [-0.1, -0.05) is 12.1 Å². The average Bonchev–Trinajstić information content (AvgIpc) is 2.62. The van der Waals surface area contributed by atoms with E-state index in [-0.39, 0.29) is 11.9 Å². The average molecular weight is 233 g/mol.